The van der Waals surface area contributed by atoms with Gasteiger partial charge in [0.15, 0.2) is 0 Å². The van der Waals surface area contributed by atoms with Gasteiger partial charge in [-0.1, -0.05) is 13.8 Å². The van der Waals surface area contributed by atoms with E-state index < -0.39 is 0 Å². The lowest BCUT2D eigenvalue weighted by Gasteiger charge is -2.01. The minimum atomic E-state index is -0.0196. The summed E-state index contributed by atoms with van der Waals surface area (Å²) < 4.78 is 1.77. The summed E-state index contributed by atoms with van der Waals surface area (Å²) in [6.07, 6.45) is 0. The monoisotopic (exact) mass is 197 g/mol. The first-order valence-electron chi connectivity index (χ1n) is 4.83. The van der Waals surface area contributed by atoms with E-state index >= 15 is 0 Å². The lowest BCUT2D eigenvalue weighted by molar-refractivity contribution is -0.119. The number of aryl methyl sites for hydroxylation is 2. The molecule has 0 bridgehead atoms. The molecule has 0 aliphatic rings. The number of nitrogens with zero attached hydrogens (tertiary/aromatic N) is 2. The SMILES string of the molecule is CC.CC(=O)NCc1cc(C)nn1C. The second-order valence-electron chi connectivity index (χ2n) is 2.81. The van der Waals surface area contributed by atoms with Crippen molar-refractivity contribution in [2.75, 3.05) is 0 Å². The van der Waals surface area contributed by atoms with Crippen LogP contribution in [0.1, 0.15) is 32.2 Å². The summed E-state index contributed by atoms with van der Waals surface area (Å²) in [6, 6.07) is 1.95. The Morgan fingerprint density at radius 1 is 1.57 bits per heavy atom. The molecule has 0 unspecified atom stereocenters. The molecule has 0 aromatic carbocycles. The Morgan fingerprint density at radius 2 is 2.14 bits per heavy atom. The third-order valence-electron chi connectivity index (χ3n) is 1.62. The van der Waals surface area contributed by atoms with Crippen molar-refractivity contribution in [1.29, 1.82) is 0 Å². The third-order valence-corrected chi connectivity index (χ3v) is 1.62. The van der Waals surface area contributed by atoms with Gasteiger partial charge in [-0.05, 0) is 13.0 Å². The highest BCUT2D eigenvalue weighted by Crippen LogP contribution is 2.00. The average molecular weight is 197 g/mol. The van der Waals surface area contributed by atoms with Crippen molar-refractivity contribution in [3.8, 4) is 0 Å². The van der Waals surface area contributed by atoms with Crippen molar-refractivity contribution in [3.63, 3.8) is 0 Å². The van der Waals surface area contributed by atoms with Crippen LogP contribution in [0.25, 0.3) is 0 Å². The Morgan fingerprint density at radius 3 is 2.50 bits per heavy atom. The van der Waals surface area contributed by atoms with E-state index in [-0.39, 0.29) is 5.91 Å². The normalized spacial score (nSPS) is 8.93. The van der Waals surface area contributed by atoms with Gasteiger partial charge in [-0.2, -0.15) is 5.10 Å². The summed E-state index contributed by atoms with van der Waals surface area (Å²) in [5, 5.41) is 6.87. The van der Waals surface area contributed by atoms with E-state index in [0.29, 0.717) is 6.54 Å². The van der Waals surface area contributed by atoms with Crippen molar-refractivity contribution in [2.45, 2.75) is 34.2 Å². The quantitative estimate of drug-likeness (QED) is 0.778. The Kier molecular flexibility index (Phi) is 5.60. The van der Waals surface area contributed by atoms with Crippen LogP contribution in [0, 0.1) is 6.92 Å². The summed E-state index contributed by atoms with van der Waals surface area (Å²) >= 11 is 0. The first-order chi connectivity index (χ1) is 6.59. The Hall–Kier alpha value is -1.32. The Bertz CT molecular complexity index is 292. The van der Waals surface area contributed by atoms with E-state index in [4.69, 9.17) is 0 Å². The number of nitrogens with one attached hydrogen (secondary N) is 1. The summed E-state index contributed by atoms with van der Waals surface area (Å²) in [6.45, 7) is 7.98. The zero-order valence-corrected chi connectivity index (χ0v) is 9.59. The fourth-order valence-electron chi connectivity index (χ4n) is 1.04. The second kappa shape index (κ2) is 6.18. The number of hydrogen-bond donors (Lipinski definition) is 1. The van der Waals surface area contributed by atoms with Crippen LogP contribution in [0.2, 0.25) is 0 Å². The van der Waals surface area contributed by atoms with Gasteiger partial charge < -0.3 is 5.32 Å². The van der Waals surface area contributed by atoms with Gasteiger partial charge in [0.25, 0.3) is 0 Å². The Balaban J connectivity index is 0.000000791. The highest BCUT2D eigenvalue weighted by molar-refractivity contribution is 5.72. The van der Waals surface area contributed by atoms with Gasteiger partial charge in [-0.25, -0.2) is 0 Å². The number of hydrogen-bond acceptors (Lipinski definition) is 2. The molecule has 1 aromatic rings. The predicted octanol–water partition coefficient (Wildman–Crippen LogP) is 1.39. The maximum Gasteiger partial charge on any atom is 0.217 e. The molecule has 1 N–H and O–H groups in total. The molecule has 0 fully saturated rings. The minimum Gasteiger partial charge on any atom is -0.351 e. The van der Waals surface area contributed by atoms with Crippen molar-refractivity contribution >= 4 is 5.91 Å². The number of carbonyl (C=O) groups excluding carboxylic acids is 1. The van der Waals surface area contributed by atoms with Crippen LogP contribution in [-0.2, 0) is 18.4 Å². The molecule has 1 rings (SSSR count). The predicted molar refractivity (Wildman–Crippen MR) is 56.8 cm³/mol. The zero-order chi connectivity index (χ0) is 11.1. The third kappa shape index (κ3) is 4.07. The van der Waals surface area contributed by atoms with Crippen LogP contribution in [-0.4, -0.2) is 15.7 Å². The summed E-state index contributed by atoms with van der Waals surface area (Å²) in [4.78, 5) is 10.6. The lowest BCUT2D eigenvalue weighted by atomic mass is 10.3. The molecular formula is C10H19N3O. The van der Waals surface area contributed by atoms with Crippen LogP contribution >= 0.6 is 0 Å². The molecule has 14 heavy (non-hydrogen) atoms. The number of carbonyl (C=O) groups is 1. The van der Waals surface area contributed by atoms with E-state index in [1.54, 1.807) is 4.68 Å². The summed E-state index contributed by atoms with van der Waals surface area (Å²) in [5.74, 6) is -0.0196. The van der Waals surface area contributed by atoms with Crippen molar-refractivity contribution < 1.29 is 4.79 Å². The molecule has 1 aromatic heterocycles. The van der Waals surface area contributed by atoms with Crippen LogP contribution in [0.4, 0.5) is 0 Å². The van der Waals surface area contributed by atoms with E-state index in [1.165, 1.54) is 6.92 Å². The molecule has 80 valence electrons. The van der Waals surface area contributed by atoms with E-state index in [9.17, 15) is 4.79 Å². The van der Waals surface area contributed by atoms with Gasteiger partial charge >= 0.3 is 0 Å². The van der Waals surface area contributed by atoms with Crippen LogP contribution in [0.15, 0.2) is 6.07 Å². The van der Waals surface area contributed by atoms with Crippen LogP contribution in [0.5, 0.6) is 0 Å². The second-order valence-corrected chi connectivity index (χ2v) is 2.81. The molecule has 0 saturated carbocycles. The first-order valence-corrected chi connectivity index (χ1v) is 4.83. The van der Waals surface area contributed by atoms with Gasteiger partial charge in [0.1, 0.15) is 0 Å². The Labute approximate surface area is 85.3 Å². The molecule has 0 atom stereocenters. The standard InChI is InChI=1S/C8H13N3O.C2H6/c1-6-4-8(11(3)10-6)5-9-7(2)12;1-2/h4H,5H2,1-3H3,(H,9,12);1-2H3. The van der Waals surface area contributed by atoms with Gasteiger partial charge in [-0.15, -0.1) is 0 Å². The topological polar surface area (TPSA) is 46.9 Å². The zero-order valence-electron chi connectivity index (χ0n) is 9.59. The minimum absolute atomic E-state index is 0.0196. The highest BCUT2D eigenvalue weighted by atomic mass is 16.1. The van der Waals surface area contributed by atoms with Crippen molar-refractivity contribution in [3.05, 3.63) is 17.5 Å². The van der Waals surface area contributed by atoms with Gasteiger partial charge in [0.05, 0.1) is 17.9 Å². The first kappa shape index (κ1) is 12.7. The smallest absolute Gasteiger partial charge is 0.217 e. The number of amides is 1. The van der Waals surface area contributed by atoms with Crippen LogP contribution in [0.3, 0.4) is 0 Å². The fourth-order valence-corrected chi connectivity index (χ4v) is 1.04. The molecule has 1 amide bonds. The molecule has 4 heteroatoms. The van der Waals surface area contributed by atoms with E-state index in [1.807, 2.05) is 33.9 Å². The maximum atomic E-state index is 10.6. The number of rotatable bonds is 2. The van der Waals surface area contributed by atoms with Crippen molar-refractivity contribution in [1.82, 2.24) is 15.1 Å². The molecule has 1 heterocycles. The van der Waals surface area contributed by atoms with E-state index in [0.717, 1.165) is 11.4 Å². The van der Waals surface area contributed by atoms with Gasteiger partial charge in [0.2, 0.25) is 5.91 Å². The molecule has 4 nitrogen and oxygen atoms in total. The van der Waals surface area contributed by atoms with E-state index in [2.05, 4.69) is 10.4 Å². The number of aromatic nitrogens is 2. The molecule has 0 aliphatic heterocycles. The van der Waals surface area contributed by atoms with Crippen LogP contribution < -0.4 is 5.32 Å². The van der Waals surface area contributed by atoms with Gasteiger partial charge in [0, 0.05) is 14.0 Å². The largest absolute Gasteiger partial charge is 0.351 e. The van der Waals surface area contributed by atoms with Gasteiger partial charge in [-0.3, -0.25) is 9.48 Å². The lowest BCUT2D eigenvalue weighted by Crippen LogP contribution is -2.20. The summed E-state index contributed by atoms with van der Waals surface area (Å²) in [7, 11) is 1.87. The maximum absolute atomic E-state index is 10.6. The molecule has 0 saturated heterocycles. The molecule has 0 spiro atoms. The molecule has 0 aliphatic carbocycles. The molecule has 0 radical (unpaired) electrons. The summed E-state index contributed by atoms with van der Waals surface area (Å²) in [5.41, 5.74) is 1.99. The fraction of sp³-hybridized carbons (Fsp3) is 0.600. The highest BCUT2D eigenvalue weighted by Gasteiger charge is 2.01. The average Bonchev–Trinajstić information content (AvgIpc) is 2.45. The molecular weight excluding hydrogens is 178 g/mol. The van der Waals surface area contributed by atoms with Crippen molar-refractivity contribution in [2.24, 2.45) is 7.05 Å².